The summed E-state index contributed by atoms with van der Waals surface area (Å²) in [6, 6.07) is 7.49. The Morgan fingerprint density at radius 3 is 2.56 bits per heavy atom. The lowest BCUT2D eigenvalue weighted by atomic mass is 9.91. The summed E-state index contributed by atoms with van der Waals surface area (Å²) in [5.41, 5.74) is 5.30. The summed E-state index contributed by atoms with van der Waals surface area (Å²) in [5.74, 6) is 0.0455. The van der Waals surface area contributed by atoms with Gasteiger partial charge in [-0.3, -0.25) is 14.2 Å². The van der Waals surface area contributed by atoms with E-state index in [2.05, 4.69) is 20.9 Å². The van der Waals surface area contributed by atoms with Crippen molar-refractivity contribution >= 4 is 32.6 Å². The maximum atomic E-state index is 12.8. The van der Waals surface area contributed by atoms with Crippen LogP contribution in [-0.2, 0) is 6.54 Å². The molecule has 0 N–H and O–H groups in total. The van der Waals surface area contributed by atoms with Crippen molar-refractivity contribution in [2.24, 2.45) is 0 Å². The number of ketones is 1. The Bertz CT molecular complexity index is 1070. The van der Waals surface area contributed by atoms with Crippen molar-refractivity contribution in [3.8, 4) is 0 Å². The van der Waals surface area contributed by atoms with Gasteiger partial charge in [-0.05, 0) is 68.1 Å². The van der Waals surface area contributed by atoms with Gasteiger partial charge in [0.1, 0.15) is 0 Å². The average molecular weight is 399 g/mol. The molecule has 0 aliphatic carbocycles. The van der Waals surface area contributed by atoms with Gasteiger partial charge in [0.2, 0.25) is 0 Å². The largest absolute Gasteiger partial charge is 0.294 e. The third-order valence-corrected chi connectivity index (χ3v) is 5.09. The minimum Gasteiger partial charge on any atom is -0.294 e. The zero-order chi connectivity index (χ0) is 18.3. The van der Waals surface area contributed by atoms with E-state index in [-0.39, 0.29) is 11.3 Å². The second-order valence-electron chi connectivity index (χ2n) is 6.38. The molecule has 5 heteroatoms. The van der Waals surface area contributed by atoms with Gasteiger partial charge in [0.25, 0.3) is 5.56 Å². The summed E-state index contributed by atoms with van der Waals surface area (Å²) >= 11 is 3.40. The molecule has 3 rings (SSSR count). The summed E-state index contributed by atoms with van der Waals surface area (Å²) in [5, 5.41) is 0.575. The van der Waals surface area contributed by atoms with Crippen LogP contribution in [0.15, 0.2) is 39.9 Å². The molecule has 0 bridgehead atoms. The van der Waals surface area contributed by atoms with Gasteiger partial charge in [-0.1, -0.05) is 22.0 Å². The maximum Gasteiger partial charge on any atom is 0.261 e. The number of halogens is 1. The van der Waals surface area contributed by atoms with E-state index < -0.39 is 0 Å². The number of rotatable bonds is 3. The lowest BCUT2D eigenvalue weighted by molar-refractivity contribution is 0.101. The molecular formula is C20H19BrN2O2. The number of aromatic nitrogens is 2. The number of fused-ring (bicyclic) bond motifs is 1. The normalized spacial score (nSPS) is 11.1. The molecule has 2 aromatic carbocycles. The average Bonchev–Trinajstić information content (AvgIpc) is 2.53. The predicted molar refractivity (Wildman–Crippen MR) is 103 cm³/mol. The van der Waals surface area contributed by atoms with E-state index in [1.165, 1.54) is 0 Å². The zero-order valence-electron chi connectivity index (χ0n) is 14.7. The van der Waals surface area contributed by atoms with Crippen LogP contribution >= 0.6 is 15.9 Å². The number of benzene rings is 2. The second-order valence-corrected chi connectivity index (χ2v) is 7.30. The monoisotopic (exact) mass is 398 g/mol. The fourth-order valence-electron chi connectivity index (χ4n) is 3.43. The molecule has 0 saturated carbocycles. The molecule has 25 heavy (non-hydrogen) atoms. The molecule has 0 saturated heterocycles. The van der Waals surface area contributed by atoms with E-state index >= 15 is 0 Å². The van der Waals surface area contributed by atoms with Gasteiger partial charge in [0.05, 0.1) is 23.8 Å². The van der Waals surface area contributed by atoms with Gasteiger partial charge in [-0.25, -0.2) is 4.98 Å². The van der Waals surface area contributed by atoms with Gasteiger partial charge in [0.15, 0.2) is 5.78 Å². The molecule has 0 aliphatic rings. The third kappa shape index (κ3) is 3.16. The molecule has 1 heterocycles. The number of Topliss-reactive ketones (excluding diaryl/α,β-unsaturated/α-hetero) is 1. The smallest absolute Gasteiger partial charge is 0.261 e. The van der Waals surface area contributed by atoms with Crippen LogP contribution in [0.3, 0.4) is 0 Å². The molecule has 0 spiro atoms. The van der Waals surface area contributed by atoms with Crippen LogP contribution in [0.1, 0.15) is 39.5 Å². The number of carbonyl (C=O) groups is 1. The van der Waals surface area contributed by atoms with E-state index in [0.717, 1.165) is 32.3 Å². The predicted octanol–water partition coefficient (Wildman–Crippen LogP) is 4.34. The second kappa shape index (κ2) is 6.56. The molecule has 0 amide bonds. The van der Waals surface area contributed by atoms with Gasteiger partial charge in [-0.15, -0.1) is 0 Å². The summed E-state index contributed by atoms with van der Waals surface area (Å²) in [6.45, 7) is 7.88. The van der Waals surface area contributed by atoms with Crippen molar-refractivity contribution in [1.29, 1.82) is 0 Å². The van der Waals surface area contributed by atoms with E-state index in [1.807, 2.05) is 39.0 Å². The van der Waals surface area contributed by atoms with E-state index in [1.54, 1.807) is 23.9 Å². The molecule has 0 aliphatic heterocycles. The molecule has 4 nitrogen and oxygen atoms in total. The van der Waals surface area contributed by atoms with Crippen LogP contribution in [0.5, 0.6) is 0 Å². The first kappa shape index (κ1) is 17.5. The molecule has 0 atom stereocenters. The highest BCUT2D eigenvalue weighted by Gasteiger charge is 2.15. The highest BCUT2D eigenvalue weighted by Crippen LogP contribution is 2.24. The highest BCUT2D eigenvalue weighted by molar-refractivity contribution is 9.10. The van der Waals surface area contributed by atoms with Crippen LogP contribution in [-0.4, -0.2) is 15.3 Å². The molecule has 1 aromatic heterocycles. The molecule has 3 aromatic rings. The first-order chi connectivity index (χ1) is 11.8. The standard InChI is InChI=1S/C20H19BrN2O2/c1-11-7-12(2)19(14(4)24)13(3)17(11)9-23-10-22-18-6-5-15(21)8-16(18)20(23)25/h5-8,10H,9H2,1-4H3. The lowest BCUT2D eigenvalue weighted by Gasteiger charge is -2.17. The quantitative estimate of drug-likeness (QED) is 0.616. The Morgan fingerprint density at radius 1 is 1.16 bits per heavy atom. The van der Waals surface area contributed by atoms with E-state index in [9.17, 15) is 9.59 Å². The first-order valence-corrected chi connectivity index (χ1v) is 8.84. The van der Waals surface area contributed by atoms with Crippen LogP contribution in [0.2, 0.25) is 0 Å². The van der Waals surface area contributed by atoms with Crippen molar-refractivity contribution in [2.45, 2.75) is 34.2 Å². The SMILES string of the molecule is CC(=O)c1c(C)cc(C)c(Cn2cnc3ccc(Br)cc3c2=O)c1C. The molecule has 0 radical (unpaired) electrons. The van der Waals surface area contributed by atoms with Gasteiger partial charge in [-0.2, -0.15) is 0 Å². The van der Waals surface area contributed by atoms with Crippen molar-refractivity contribution in [1.82, 2.24) is 9.55 Å². The topological polar surface area (TPSA) is 52.0 Å². The fourth-order valence-corrected chi connectivity index (χ4v) is 3.79. The van der Waals surface area contributed by atoms with E-state index in [0.29, 0.717) is 17.4 Å². The molecule has 0 unspecified atom stereocenters. The Kier molecular flexibility index (Phi) is 4.60. The minimum atomic E-state index is -0.0879. The number of carbonyl (C=O) groups excluding carboxylic acids is 1. The summed E-state index contributed by atoms with van der Waals surface area (Å²) < 4.78 is 2.45. The highest BCUT2D eigenvalue weighted by atomic mass is 79.9. The Hall–Kier alpha value is -2.27. The summed E-state index contributed by atoms with van der Waals surface area (Å²) in [6.07, 6.45) is 1.57. The molecular weight excluding hydrogens is 380 g/mol. The van der Waals surface area contributed by atoms with Gasteiger partial charge in [0, 0.05) is 10.0 Å². The van der Waals surface area contributed by atoms with Crippen LogP contribution < -0.4 is 5.56 Å². The van der Waals surface area contributed by atoms with Crippen LogP contribution in [0.4, 0.5) is 0 Å². The van der Waals surface area contributed by atoms with Crippen molar-refractivity contribution < 1.29 is 4.79 Å². The molecule has 128 valence electrons. The van der Waals surface area contributed by atoms with Gasteiger partial charge < -0.3 is 0 Å². The minimum absolute atomic E-state index is 0.0455. The zero-order valence-corrected chi connectivity index (χ0v) is 16.3. The van der Waals surface area contributed by atoms with Crippen LogP contribution in [0, 0.1) is 20.8 Å². The maximum absolute atomic E-state index is 12.8. The van der Waals surface area contributed by atoms with Gasteiger partial charge >= 0.3 is 0 Å². The van der Waals surface area contributed by atoms with Crippen molar-refractivity contribution in [3.63, 3.8) is 0 Å². The summed E-state index contributed by atoms with van der Waals surface area (Å²) in [4.78, 5) is 29.2. The van der Waals surface area contributed by atoms with Crippen LogP contribution in [0.25, 0.3) is 10.9 Å². The van der Waals surface area contributed by atoms with Crippen molar-refractivity contribution in [2.75, 3.05) is 0 Å². The Morgan fingerprint density at radius 2 is 1.88 bits per heavy atom. The van der Waals surface area contributed by atoms with E-state index in [4.69, 9.17) is 0 Å². The number of hydrogen-bond acceptors (Lipinski definition) is 3. The first-order valence-electron chi connectivity index (χ1n) is 8.05. The Balaban J connectivity index is 2.17. The fraction of sp³-hybridized carbons (Fsp3) is 0.250. The molecule has 0 fully saturated rings. The summed E-state index contributed by atoms with van der Waals surface area (Å²) in [7, 11) is 0. The number of aryl methyl sites for hydroxylation is 2. The lowest BCUT2D eigenvalue weighted by Crippen LogP contribution is -2.22. The third-order valence-electron chi connectivity index (χ3n) is 4.60. The number of nitrogens with zero attached hydrogens (tertiary/aromatic N) is 2. The number of hydrogen-bond donors (Lipinski definition) is 0. The van der Waals surface area contributed by atoms with Crippen molar-refractivity contribution in [3.05, 3.63) is 73.2 Å². The Labute approximate surface area is 154 Å².